The molecule has 0 saturated heterocycles. The van der Waals surface area contributed by atoms with E-state index in [-0.39, 0.29) is 5.69 Å². The summed E-state index contributed by atoms with van der Waals surface area (Å²) in [7, 11) is 0. The predicted molar refractivity (Wildman–Crippen MR) is 109 cm³/mol. The molecule has 29 heavy (non-hydrogen) atoms. The maximum absolute atomic E-state index is 11.4. The quantitative estimate of drug-likeness (QED) is 0.478. The van der Waals surface area contributed by atoms with Gasteiger partial charge in [-0.3, -0.25) is 5.10 Å². The third kappa shape index (κ3) is 2.84. The van der Waals surface area contributed by atoms with E-state index in [1.165, 1.54) is 0 Å². The number of nitrogens with one attached hydrogen (secondary N) is 2. The number of anilines is 1. The predicted octanol–water partition coefficient (Wildman–Crippen LogP) is 3.57. The number of H-pyrrole nitrogens is 2. The highest BCUT2D eigenvalue weighted by molar-refractivity contribution is 6.35. The van der Waals surface area contributed by atoms with E-state index in [0.29, 0.717) is 29.6 Å². The molecule has 0 fully saturated rings. The van der Waals surface area contributed by atoms with Crippen molar-refractivity contribution < 1.29 is 9.90 Å². The fourth-order valence-corrected chi connectivity index (χ4v) is 4.04. The minimum atomic E-state index is -1.05. The van der Waals surface area contributed by atoms with Crippen LogP contribution in [0.2, 0.25) is 5.02 Å². The number of carboxylic acid groups (broad SMARTS) is 1. The van der Waals surface area contributed by atoms with Gasteiger partial charge in [0.1, 0.15) is 0 Å². The van der Waals surface area contributed by atoms with Crippen molar-refractivity contribution in [2.24, 2.45) is 0 Å². The fraction of sp³-hybridized carbons (Fsp3) is 0.200. The number of hydrogen-bond donors (Lipinski definition) is 3. The first kappa shape index (κ1) is 17.7. The Kier molecular flexibility index (Phi) is 4.02. The first-order valence-corrected chi connectivity index (χ1v) is 9.54. The normalized spacial score (nSPS) is 13.7. The minimum absolute atomic E-state index is 0.0277. The monoisotopic (exact) mass is 408 g/mol. The number of hydrogen-bond acceptors (Lipinski definition) is 5. The highest BCUT2D eigenvalue weighted by Gasteiger charge is 2.26. The number of halogens is 1. The van der Waals surface area contributed by atoms with Crippen LogP contribution in [0.5, 0.6) is 0 Å². The summed E-state index contributed by atoms with van der Waals surface area (Å²) in [6, 6.07) is 5.82. The van der Waals surface area contributed by atoms with Crippen LogP contribution in [0.1, 0.15) is 27.3 Å². The van der Waals surface area contributed by atoms with Gasteiger partial charge in [-0.05, 0) is 19.1 Å². The number of fused-ring (bicyclic) bond motifs is 2. The van der Waals surface area contributed by atoms with Gasteiger partial charge in [-0.1, -0.05) is 17.7 Å². The van der Waals surface area contributed by atoms with E-state index in [0.717, 1.165) is 39.8 Å². The van der Waals surface area contributed by atoms with Gasteiger partial charge in [0.15, 0.2) is 5.69 Å². The van der Waals surface area contributed by atoms with Crippen molar-refractivity contribution >= 4 is 34.4 Å². The summed E-state index contributed by atoms with van der Waals surface area (Å²) in [5.74, 6) is -0.641. The zero-order valence-corrected chi connectivity index (χ0v) is 16.3. The Balaban J connectivity index is 1.56. The lowest BCUT2D eigenvalue weighted by molar-refractivity contribution is 0.0689. The van der Waals surface area contributed by atoms with Crippen LogP contribution in [-0.2, 0) is 13.0 Å². The molecular formula is C20H17ClN6O2. The Morgan fingerprint density at radius 2 is 2.17 bits per heavy atom. The van der Waals surface area contributed by atoms with Gasteiger partial charge in [0, 0.05) is 59.7 Å². The highest BCUT2D eigenvalue weighted by Crippen LogP contribution is 2.36. The van der Waals surface area contributed by atoms with E-state index in [1.807, 2.05) is 29.3 Å². The number of nitrogens with zero attached hydrogens (tertiary/aromatic N) is 4. The SMILES string of the molecule is Cc1cnc(N2CCc3[nH]nc(-c4ccc(Cl)c5[nH]ccc45)c3C2)nc1C(=O)O. The van der Waals surface area contributed by atoms with Gasteiger partial charge in [0.25, 0.3) is 0 Å². The van der Waals surface area contributed by atoms with Crippen LogP contribution in [0.3, 0.4) is 0 Å². The number of aromatic amines is 2. The molecule has 9 heteroatoms. The van der Waals surface area contributed by atoms with E-state index < -0.39 is 5.97 Å². The molecule has 0 aliphatic carbocycles. The van der Waals surface area contributed by atoms with Gasteiger partial charge in [-0.2, -0.15) is 5.10 Å². The van der Waals surface area contributed by atoms with Crippen molar-refractivity contribution in [3.63, 3.8) is 0 Å². The van der Waals surface area contributed by atoms with Gasteiger partial charge in [-0.15, -0.1) is 0 Å². The molecule has 4 aromatic rings. The number of rotatable bonds is 3. The van der Waals surface area contributed by atoms with Crippen LogP contribution in [0.15, 0.2) is 30.6 Å². The van der Waals surface area contributed by atoms with Crippen molar-refractivity contribution in [1.82, 2.24) is 25.1 Å². The van der Waals surface area contributed by atoms with E-state index in [1.54, 1.807) is 13.1 Å². The van der Waals surface area contributed by atoms with E-state index in [4.69, 9.17) is 11.6 Å². The molecule has 0 radical (unpaired) electrons. The molecule has 0 spiro atoms. The van der Waals surface area contributed by atoms with Crippen molar-refractivity contribution in [1.29, 1.82) is 0 Å². The maximum atomic E-state index is 11.4. The third-order valence-electron chi connectivity index (χ3n) is 5.31. The van der Waals surface area contributed by atoms with Crippen molar-refractivity contribution in [3.05, 3.63) is 58.1 Å². The van der Waals surface area contributed by atoms with Crippen molar-refractivity contribution in [2.75, 3.05) is 11.4 Å². The van der Waals surface area contributed by atoms with Gasteiger partial charge in [-0.25, -0.2) is 14.8 Å². The van der Waals surface area contributed by atoms with E-state index in [9.17, 15) is 9.90 Å². The third-order valence-corrected chi connectivity index (χ3v) is 5.62. The van der Waals surface area contributed by atoms with Gasteiger partial charge in [0.05, 0.1) is 16.2 Å². The van der Waals surface area contributed by atoms with Crippen LogP contribution < -0.4 is 4.90 Å². The molecule has 0 bridgehead atoms. The molecule has 0 unspecified atom stereocenters. The smallest absolute Gasteiger partial charge is 0.354 e. The Morgan fingerprint density at radius 1 is 1.31 bits per heavy atom. The summed E-state index contributed by atoms with van der Waals surface area (Å²) in [5, 5.41) is 18.8. The number of aryl methyl sites for hydroxylation is 1. The zero-order chi connectivity index (χ0) is 20.1. The Hall–Kier alpha value is -3.39. The highest BCUT2D eigenvalue weighted by atomic mass is 35.5. The zero-order valence-electron chi connectivity index (χ0n) is 15.5. The van der Waals surface area contributed by atoms with Crippen LogP contribution in [0, 0.1) is 6.92 Å². The summed E-state index contributed by atoms with van der Waals surface area (Å²) >= 11 is 6.30. The Morgan fingerprint density at radius 3 is 3.00 bits per heavy atom. The lowest BCUT2D eigenvalue weighted by Gasteiger charge is -2.27. The molecule has 3 aromatic heterocycles. The summed E-state index contributed by atoms with van der Waals surface area (Å²) in [6.07, 6.45) is 4.16. The molecule has 3 N–H and O–H groups in total. The molecule has 1 aromatic carbocycles. The topological polar surface area (TPSA) is 111 Å². The molecule has 1 aliphatic heterocycles. The van der Waals surface area contributed by atoms with E-state index in [2.05, 4.69) is 25.1 Å². The molecular weight excluding hydrogens is 392 g/mol. The Labute approximate surface area is 170 Å². The average molecular weight is 409 g/mol. The lowest BCUT2D eigenvalue weighted by atomic mass is 9.99. The second-order valence-electron chi connectivity index (χ2n) is 7.07. The van der Waals surface area contributed by atoms with Crippen LogP contribution in [0.25, 0.3) is 22.2 Å². The second kappa shape index (κ2) is 6.59. The fourth-order valence-electron chi connectivity index (χ4n) is 3.82. The number of carboxylic acids is 1. The molecule has 4 heterocycles. The number of benzene rings is 1. The number of aromatic nitrogens is 5. The largest absolute Gasteiger partial charge is 0.476 e. The van der Waals surface area contributed by atoms with Crippen LogP contribution in [0.4, 0.5) is 5.95 Å². The number of aromatic carboxylic acids is 1. The molecule has 0 amide bonds. The number of carbonyl (C=O) groups is 1. The molecule has 1 aliphatic rings. The maximum Gasteiger partial charge on any atom is 0.354 e. The molecule has 0 saturated carbocycles. The van der Waals surface area contributed by atoms with Crippen LogP contribution in [-0.4, -0.2) is 42.8 Å². The van der Waals surface area contributed by atoms with Crippen molar-refractivity contribution in [3.8, 4) is 11.3 Å². The first-order valence-electron chi connectivity index (χ1n) is 9.17. The molecule has 146 valence electrons. The summed E-state index contributed by atoms with van der Waals surface area (Å²) < 4.78 is 0. The second-order valence-corrected chi connectivity index (χ2v) is 7.48. The van der Waals surface area contributed by atoms with E-state index >= 15 is 0 Å². The van der Waals surface area contributed by atoms with Gasteiger partial charge >= 0.3 is 5.97 Å². The van der Waals surface area contributed by atoms with Gasteiger partial charge in [0.2, 0.25) is 5.95 Å². The van der Waals surface area contributed by atoms with Crippen LogP contribution >= 0.6 is 11.6 Å². The average Bonchev–Trinajstić information content (AvgIpc) is 3.36. The summed E-state index contributed by atoms with van der Waals surface area (Å²) in [6.45, 7) is 2.91. The first-order chi connectivity index (χ1) is 14.0. The van der Waals surface area contributed by atoms with Crippen molar-refractivity contribution in [2.45, 2.75) is 19.9 Å². The molecule has 0 atom stereocenters. The lowest BCUT2D eigenvalue weighted by Crippen LogP contribution is -2.32. The molecule has 8 nitrogen and oxygen atoms in total. The van der Waals surface area contributed by atoms with Gasteiger partial charge < -0.3 is 15.0 Å². The summed E-state index contributed by atoms with van der Waals surface area (Å²) in [5.41, 5.74) is 5.42. The minimum Gasteiger partial charge on any atom is -0.476 e. The standard InChI is InChI=1S/C20H17ClN6O2/c1-10-8-23-20(24-16(10)19(28)29)27-7-5-15-13(9-27)17(26-25-15)11-2-3-14(21)18-12(11)4-6-22-18/h2-4,6,8,22H,5,7,9H2,1H3,(H,25,26)(H,28,29). The Bertz CT molecular complexity index is 1260. The summed E-state index contributed by atoms with van der Waals surface area (Å²) in [4.78, 5) is 25.2. The molecule has 5 rings (SSSR count).